The molecule has 9 N–H and O–H groups in total. The summed E-state index contributed by atoms with van der Waals surface area (Å²) in [6.45, 7) is 13.5. The van der Waals surface area contributed by atoms with Gasteiger partial charge in [-0.3, -0.25) is 4.79 Å². The largest absolute Gasteiger partial charge is 0.481 e. The van der Waals surface area contributed by atoms with E-state index in [2.05, 4.69) is 0 Å². The summed E-state index contributed by atoms with van der Waals surface area (Å²) in [5, 5.41) is 82.0. The van der Waals surface area contributed by atoms with Gasteiger partial charge in [0.2, 0.25) is 0 Å². The number of aliphatic hydroxyl groups is 8. The number of hydrogen-bond donors (Lipinski definition) is 9. The van der Waals surface area contributed by atoms with E-state index in [1.54, 1.807) is 41.5 Å². The molecule has 6 atom stereocenters. The van der Waals surface area contributed by atoms with Crippen molar-refractivity contribution < 1.29 is 50.8 Å². The van der Waals surface area contributed by atoms with Gasteiger partial charge in [0.05, 0.1) is 49.8 Å². The first-order valence-electron chi connectivity index (χ1n) is 11.4. The van der Waals surface area contributed by atoms with Gasteiger partial charge >= 0.3 is 5.97 Å². The molecule has 33 heavy (non-hydrogen) atoms. The van der Waals surface area contributed by atoms with Gasteiger partial charge < -0.3 is 46.0 Å². The fourth-order valence-electron chi connectivity index (χ4n) is 4.05. The van der Waals surface area contributed by atoms with Crippen molar-refractivity contribution in [1.82, 2.24) is 0 Å². The van der Waals surface area contributed by atoms with Gasteiger partial charge in [-0.05, 0) is 61.3 Å². The molecule has 202 valence electrons. The second-order valence-corrected chi connectivity index (χ2v) is 9.17. The second kappa shape index (κ2) is 15.9. The smallest absolute Gasteiger partial charge is 0.314 e. The molecule has 0 aliphatic rings. The van der Waals surface area contributed by atoms with Crippen LogP contribution in [0.1, 0.15) is 75.2 Å². The summed E-state index contributed by atoms with van der Waals surface area (Å²) in [5.41, 5.74) is -2.97. The van der Waals surface area contributed by atoms with Crippen LogP contribution < -0.4 is 0 Å². The summed E-state index contributed by atoms with van der Waals surface area (Å²) in [4.78, 5) is 10.2. The molecular formula is C23H50O10. The van der Waals surface area contributed by atoms with Gasteiger partial charge in [-0.2, -0.15) is 0 Å². The zero-order valence-electron chi connectivity index (χ0n) is 21.7. The number of carboxylic acids is 1. The Morgan fingerprint density at radius 1 is 0.606 bits per heavy atom. The van der Waals surface area contributed by atoms with Crippen molar-refractivity contribution in [1.29, 1.82) is 0 Å². The Balaban J connectivity index is -0.000000414. The summed E-state index contributed by atoms with van der Waals surface area (Å²) in [6.07, 6.45) is -3.13. The number of aliphatic carboxylic acids is 1. The summed E-state index contributed by atoms with van der Waals surface area (Å²) < 4.78 is 0. The SMILES string of the molecule is CC(CO)(CO)C(=O)O.CCC(C(C)O)(C(C)O)C(C)O.CCC(C(C)O)(C(C)O)C(C)O. The minimum atomic E-state index is -1.39. The molecule has 10 nitrogen and oxygen atoms in total. The monoisotopic (exact) mass is 486 g/mol. The van der Waals surface area contributed by atoms with E-state index in [4.69, 9.17) is 15.3 Å². The Hall–Kier alpha value is -0.850. The maximum atomic E-state index is 10.2. The van der Waals surface area contributed by atoms with Gasteiger partial charge in [-0.15, -0.1) is 0 Å². The molecule has 10 heteroatoms. The molecule has 0 aromatic heterocycles. The third kappa shape index (κ3) is 9.37. The number of rotatable bonds is 11. The van der Waals surface area contributed by atoms with Gasteiger partial charge in [0.25, 0.3) is 0 Å². The molecule has 0 fully saturated rings. The lowest BCUT2D eigenvalue weighted by Gasteiger charge is -2.40. The lowest BCUT2D eigenvalue weighted by molar-refractivity contribution is -0.152. The quantitative estimate of drug-likeness (QED) is 0.193. The molecular weight excluding hydrogens is 436 g/mol. The zero-order chi connectivity index (χ0) is 27.4. The van der Waals surface area contributed by atoms with Crippen molar-refractivity contribution >= 4 is 5.97 Å². The maximum Gasteiger partial charge on any atom is 0.314 e. The Labute approximate surface area is 198 Å². The molecule has 0 heterocycles. The fraction of sp³-hybridized carbons (Fsp3) is 0.957. The van der Waals surface area contributed by atoms with Crippen LogP contribution in [0.5, 0.6) is 0 Å². The first kappa shape index (κ1) is 36.7. The van der Waals surface area contributed by atoms with Gasteiger partial charge in [0.15, 0.2) is 0 Å². The molecule has 0 saturated carbocycles. The summed E-state index contributed by atoms with van der Waals surface area (Å²) >= 11 is 0. The Morgan fingerprint density at radius 2 is 0.788 bits per heavy atom. The van der Waals surface area contributed by atoms with Crippen LogP contribution in [0.2, 0.25) is 0 Å². The highest BCUT2D eigenvalue weighted by molar-refractivity contribution is 5.74. The minimum Gasteiger partial charge on any atom is -0.481 e. The third-order valence-corrected chi connectivity index (χ3v) is 7.11. The van der Waals surface area contributed by atoms with Crippen LogP contribution in [0, 0.1) is 16.2 Å². The van der Waals surface area contributed by atoms with Crippen molar-refractivity contribution in [3.63, 3.8) is 0 Å². The fourth-order valence-corrected chi connectivity index (χ4v) is 4.05. The minimum absolute atomic E-state index is 0.543. The van der Waals surface area contributed by atoms with Crippen LogP contribution >= 0.6 is 0 Å². The van der Waals surface area contributed by atoms with E-state index >= 15 is 0 Å². The first-order chi connectivity index (χ1) is 14.8. The van der Waals surface area contributed by atoms with E-state index in [9.17, 15) is 35.4 Å². The number of carbonyl (C=O) groups is 1. The van der Waals surface area contributed by atoms with Gasteiger partial charge in [-0.1, -0.05) is 13.8 Å². The van der Waals surface area contributed by atoms with E-state index in [0.29, 0.717) is 12.8 Å². The number of carboxylic acid groups (broad SMARTS) is 1. The highest BCUT2D eigenvalue weighted by Gasteiger charge is 2.43. The normalized spacial score (nSPS) is 20.8. The topological polar surface area (TPSA) is 199 Å². The molecule has 0 aliphatic carbocycles. The molecule has 0 spiro atoms. The summed E-state index contributed by atoms with van der Waals surface area (Å²) in [6, 6.07) is 0. The first-order valence-corrected chi connectivity index (χ1v) is 11.4. The van der Waals surface area contributed by atoms with Gasteiger partial charge in [-0.25, -0.2) is 0 Å². The second-order valence-electron chi connectivity index (χ2n) is 9.17. The highest BCUT2D eigenvalue weighted by atomic mass is 16.4. The van der Waals surface area contributed by atoms with Gasteiger partial charge in [0.1, 0.15) is 5.41 Å². The van der Waals surface area contributed by atoms with Crippen molar-refractivity contribution in [3.8, 4) is 0 Å². The zero-order valence-corrected chi connectivity index (χ0v) is 21.7. The molecule has 0 amide bonds. The maximum absolute atomic E-state index is 10.2. The van der Waals surface area contributed by atoms with Crippen molar-refractivity contribution in [2.75, 3.05) is 13.2 Å². The standard InChI is InChI=1S/2C9H20O3.C5H10O4/c2*1-5-9(6(2)10,7(3)11)8(4)12;1-5(2-6,3-7)4(8)9/h2*6-8,10-12H,5H2,1-4H3;6-7H,2-3H2,1H3,(H,8,9). The lowest BCUT2D eigenvalue weighted by Crippen LogP contribution is -2.50. The number of hydrogen-bond acceptors (Lipinski definition) is 9. The number of aliphatic hydroxyl groups excluding tert-OH is 8. The molecule has 0 aromatic carbocycles. The highest BCUT2D eigenvalue weighted by Crippen LogP contribution is 2.35. The van der Waals surface area contributed by atoms with Crippen LogP contribution in [0.25, 0.3) is 0 Å². The average Bonchev–Trinajstić information content (AvgIpc) is 2.68. The van der Waals surface area contributed by atoms with E-state index in [1.807, 2.05) is 13.8 Å². The molecule has 0 aliphatic heterocycles. The summed E-state index contributed by atoms with van der Waals surface area (Å²) in [7, 11) is 0. The molecule has 0 saturated heterocycles. The Morgan fingerprint density at radius 3 is 0.788 bits per heavy atom. The van der Waals surface area contributed by atoms with Gasteiger partial charge in [0, 0.05) is 10.8 Å². The molecule has 0 radical (unpaired) electrons. The Bertz CT molecular complexity index is 436. The van der Waals surface area contributed by atoms with Crippen molar-refractivity contribution in [2.24, 2.45) is 16.2 Å². The van der Waals surface area contributed by atoms with Crippen molar-refractivity contribution in [2.45, 2.75) is 112 Å². The van der Waals surface area contributed by atoms with E-state index in [-0.39, 0.29) is 0 Å². The van der Waals surface area contributed by atoms with E-state index < -0.39 is 72.1 Å². The molecule has 0 aromatic rings. The van der Waals surface area contributed by atoms with Crippen LogP contribution in [0.3, 0.4) is 0 Å². The average molecular weight is 487 g/mol. The lowest BCUT2D eigenvalue weighted by atomic mass is 9.71. The Kier molecular flexibility index (Phi) is 17.7. The van der Waals surface area contributed by atoms with Crippen molar-refractivity contribution in [3.05, 3.63) is 0 Å². The summed E-state index contributed by atoms with van der Waals surface area (Å²) in [5.74, 6) is -1.19. The van der Waals surface area contributed by atoms with Crippen LogP contribution in [0.4, 0.5) is 0 Å². The van der Waals surface area contributed by atoms with E-state index in [0.717, 1.165) is 0 Å². The predicted octanol–water partition coefficient (Wildman–Crippen LogP) is 0.112. The van der Waals surface area contributed by atoms with Crippen LogP contribution in [0.15, 0.2) is 0 Å². The van der Waals surface area contributed by atoms with Crippen LogP contribution in [-0.4, -0.2) is 102 Å². The molecule has 0 bridgehead atoms. The molecule has 0 rings (SSSR count). The van der Waals surface area contributed by atoms with Crippen LogP contribution in [-0.2, 0) is 4.79 Å². The van der Waals surface area contributed by atoms with E-state index in [1.165, 1.54) is 6.92 Å². The molecule has 6 unspecified atom stereocenters. The third-order valence-electron chi connectivity index (χ3n) is 7.11. The predicted molar refractivity (Wildman–Crippen MR) is 125 cm³/mol.